The van der Waals surface area contributed by atoms with Crippen LogP contribution in [0.1, 0.15) is 31.4 Å². The predicted octanol–water partition coefficient (Wildman–Crippen LogP) is 5.04. The highest BCUT2D eigenvalue weighted by Crippen LogP contribution is 2.29. The first-order chi connectivity index (χ1) is 12.4. The smallest absolute Gasteiger partial charge is 0.220 e. The fourth-order valence-corrected chi connectivity index (χ4v) is 3.06. The van der Waals surface area contributed by atoms with Crippen LogP contribution >= 0.6 is 23.2 Å². The maximum atomic E-state index is 12.1. The van der Waals surface area contributed by atoms with Crippen molar-refractivity contribution in [1.29, 1.82) is 0 Å². The van der Waals surface area contributed by atoms with Crippen molar-refractivity contribution >= 4 is 29.1 Å². The second kappa shape index (κ2) is 9.70. The molecule has 26 heavy (non-hydrogen) atoms. The van der Waals surface area contributed by atoms with Crippen LogP contribution in [0.3, 0.4) is 0 Å². The molecule has 0 aromatic heterocycles. The molecule has 0 saturated carbocycles. The number of hydrogen-bond donors (Lipinski definition) is 1. The van der Waals surface area contributed by atoms with E-state index in [0.29, 0.717) is 40.9 Å². The lowest BCUT2D eigenvalue weighted by atomic mass is 10.1. The van der Waals surface area contributed by atoms with Crippen molar-refractivity contribution in [1.82, 2.24) is 5.32 Å². The van der Waals surface area contributed by atoms with Gasteiger partial charge >= 0.3 is 0 Å². The third-order valence-electron chi connectivity index (χ3n) is 3.74. The van der Waals surface area contributed by atoms with Crippen LogP contribution in [0.25, 0.3) is 0 Å². The zero-order chi connectivity index (χ0) is 19.1. The van der Waals surface area contributed by atoms with E-state index >= 15 is 0 Å². The van der Waals surface area contributed by atoms with Gasteiger partial charge in [0.1, 0.15) is 0 Å². The SMILES string of the molecule is COc1cc(CNC(=O)CCc2c(Cl)cccc2Cl)ccc1OC(C)C. The average molecular weight is 396 g/mol. The molecule has 2 rings (SSSR count). The summed E-state index contributed by atoms with van der Waals surface area (Å²) in [5.41, 5.74) is 1.73. The number of amides is 1. The molecule has 0 atom stereocenters. The fraction of sp³-hybridized carbons (Fsp3) is 0.350. The largest absolute Gasteiger partial charge is 0.493 e. The van der Waals surface area contributed by atoms with E-state index in [4.69, 9.17) is 32.7 Å². The Balaban J connectivity index is 1.91. The van der Waals surface area contributed by atoms with Crippen molar-refractivity contribution in [2.24, 2.45) is 0 Å². The molecular weight excluding hydrogens is 373 g/mol. The highest BCUT2D eigenvalue weighted by Gasteiger charge is 2.10. The number of hydrogen-bond acceptors (Lipinski definition) is 3. The number of halogens is 2. The lowest BCUT2D eigenvalue weighted by molar-refractivity contribution is -0.121. The van der Waals surface area contributed by atoms with Crippen molar-refractivity contribution in [3.05, 3.63) is 57.6 Å². The summed E-state index contributed by atoms with van der Waals surface area (Å²) < 4.78 is 11.0. The minimum Gasteiger partial charge on any atom is -0.493 e. The van der Waals surface area contributed by atoms with Gasteiger partial charge in [0.25, 0.3) is 0 Å². The highest BCUT2D eigenvalue weighted by atomic mass is 35.5. The van der Waals surface area contributed by atoms with E-state index in [-0.39, 0.29) is 12.0 Å². The minimum atomic E-state index is -0.0672. The van der Waals surface area contributed by atoms with Gasteiger partial charge in [0.15, 0.2) is 11.5 Å². The molecule has 6 heteroatoms. The topological polar surface area (TPSA) is 47.6 Å². The van der Waals surface area contributed by atoms with Gasteiger partial charge in [-0.15, -0.1) is 0 Å². The predicted molar refractivity (Wildman–Crippen MR) is 105 cm³/mol. The van der Waals surface area contributed by atoms with E-state index in [1.54, 1.807) is 25.3 Å². The van der Waals surface area contributed by atoms with Crippen molar-refractivity contribution < 1.29 is 14.3 Å². The third-order valence-corrected chi connectivity index (χ3v) is 4.45. The van der Waals surface area contributed by atoms with Crippen LogP contribution in [0.15, 0.2) is 36.4 Å². The number of methoxy groups -OCH3 is 1. The van der Waals surface area contributed by atoms with Gasteiger partial charge in [0, 0.05) is 23.0 Å². The summed E-state index contributed by atoms with van der Waals surface area (Å²) >= 11 is 12.3. The van der Waals surface area contributed by atoms with E-state index in [2.05, 4.69) is 5.32 Å². The van der Waals surface area contributed by atoms with Crippen molar-refractivity contribution in [3.8, 4) is 11.5 Å². The second-order valence-electron chi connectivity index (χ2n) is 6.13. The number of ether oxygens (including phenoxy) is 2. The number of nitrogens with one attached hydrogen (secondary N) is 1. The number of carbonyl (C=O) groups is 1. The van der Waals surface area contributed by atoms with Crippen LogP contribution in [0.2, 0.25) is 10.0 Å². The van der Waals surface area contributed by atoms with Gasteiger partial charge in [-0.3, -0.25) is 4.79 Å². The Bertz CT molecular complexity index is 742. The summed E-state index contributed by atoms with van der Waals surface area (Å²) in [5, 5.41) is 4.06. The Morgan fingerprint density at radius 2 is 1.81 bits per heavy atom. The maximum absolute atomic E-state index is 12.1. The zero-order valence-electron chi connectivity index (χ0n) is 15.1. The molecule has 0 heterocycles. The van der Waals surface area contributed by atoms with Gasteiger partial charge in [0.2, 0.25) is 5.91 Å². The van der Waals surface area contributed by atoms with E-state index in [0.717, 1.165) is 11.1 Å². The third kappa shape index (κ3) is 5.82. The van der Waals surface area contributed by atoms with E-state index in [1.165, 1.54) is 0 Å². The van der Waals surface area contributed by atoms with Gasteiger partial charge in [0.05, 0.1) is 13.2 Å². The van der Waals surface area contributed by atoms with Crippen LogP contribution in [0.5, 0.6) is 11.5 Å². The van der Waals surface area contributed by atoms with E-state index < -0.39 is 0 Å². The normalized spacial score (nSPS) is 10.7. The van der Waals surface area contributed by atoms with Crippen LogP contribution in [0, 0.1) is 0 Å². The standard InChI is InChI=1S/C20H23Cl2NO3/c1-13(2)26-18-9-7-14(11-19(18)25-3)12-23-20(24)10-8-15-16(21)5-4-6-17(15)22/h4-7,9,11,13H,8,10,12H2,1-3H3,(H,23,24). The summed E-state index contributed by atoms with van der Waals surface area (Å²) in [4.78, 5) is 12.1. The van der Waals surface area contributed by atoms with Crippen LogP contribution in [-0.2, 0) is 17.8 Å². The number of carbonyl (C=O) groups excluding carboxylic acids is 1. The summed E-state index contributed by atoms with van der Waals surface area (Å²) in [5.74, 6) is 1.27. The van der Waals surface area contributed by atoms with Gasteiger partial charge < -0.3 is 14.8 Å². The highest BCUT2D eigenvalue weighted by molar-refractivity contribution is 6.36. The molecule has 1 amide bonds. The molecule has 0 aliphatic carbocycles. The first-order valence-electron chi connectivity index (χ1n) is 8.44. The molecule has 0 aliphatic rings. The average Bonchev–Trinajstić information content (AvgIpc) is 2.60. The molecule has 2 aromatic rings. The van der Waals surface area contributed by atoms with Crippen LogP contribution in [-0.4, -0.2) is 19.1 Å². The molecule has 0 bridgehead atoms. The summed E-state index contributed by atoms with van der Waals surface area (Å²) in [6, 6.07) is 11.0. The first-order valence-corrected chi connectivity index (χ1v) is 9.19. The van der Waals surface area contributed by atoms with Crippen molar-refractivity contribution in [3.63, 3.8) is 0 Å². The Labute approximate surface area is 164 Å². The fourth-order valence-electron chi connectivity index (χ4n) is 2.47. The molecule has 0 spiro atoms. The van der Waals surface area contributed by atoms with E-state index in [1.807, 2.05) is 32.0 Å². The zero-order valence-corrected chi connectivity index (χ0v) is 16.7. The molecule has 2 aromatic carbocycles. The quantitative estimate of drug-likeness (QED) is 0.680. The minimum absolute atomic E-state index is 0.0612. The molecule has 0 aliphatic heterocycles. The second-order valence-corrected chi connectivity index (χ2v) is 6.94. The van der Waals surface area contributed by atoms with Crippen molar-refractivity contribution in [2.45, 2.75) is 39.3 Å². The summed E-state index contributed by atoms with van der Waals surface area (Å²) in [6.45, 7) is 4.32. The van der Waals surface area contributed by atoms with Gasteiger partial charge in [-0.1, -0.05) is 35.3 Å². The molecule has 140 valence electrons. The van der Waals surface area contributed by atoms with Crippen LogP contribution < -0.4 is 14.8 Å². The Kier molecular flexibility index (Phi) is 7.61. The lowest BCUT2D eigenvalue weighted by Crippen LogP contribution is -2.23. The van der Waals surface area contributed by atoms with Gasteiger partial charge in [-0.05, 0) is 55.7 Å². The first kappa shape index (κ1) is 20.4. The summed E-state index contributed by atoms with van der Waals surface area (Å²) in [7, 11) is 1.60. The molecule has 1 N–H and O–H groups in total. The summed E-state index contributed by atoms with van der Waals surface area (Å²) in [6.07, 6.45) is 0.871. The molecule has 0 fully saturated rings. The molecule has 0 unspecified atom stereocenters. The van der Waals surface area contributed by atoms with Gasteiger partial charge in [-0.25, -0.2) is 0 Å². The Hall–Kier alpha value is -1.91. The molecule has 0 radical (unpaired) electrons. The maximum Gasteiger partial charge on any atom is 0.220 e. The molecule has 0 saturated heterocycles. The lowest BCUT2D eigenvalue weighted by Gasteiger charge is -2.15. The van der Waals surface area contributed by atoms with E-state index in [9.17, 15) is 4.79 Å². The molecule has 4 nitrogen and oxygen atoms in total. The number of benzene rings is 2. The van der Waals surface area contributed by atoms with Gasteiger partial charge in [-0.2, -0.15) is 0 Å². The van der Waals surface area contributed by atoms with Crippen molar-refractivity contribution in [2.75, 3.05) is 7.11 Å². The monoisotopic (exact) mass is 395 g/mol. The molecular formula is C20H23Cl2NO3. The van der Waals surface area contributed by atoms with Crippen LogP contribution in [0.4, 0.5) is 0 Å². The Morgan fingerprint density at radius 1 is 1.12 bits per heavy atom. The number of rotatable bonds is 8. The Morgan fingerprint density at radius 3 is 2.42 bits per heavy atom.